The zero-order chi connectivity index (χ0) is 18.1. The number of carboxylic acids is 1. The van der Waals surface area contributed by atoms with E-state index in [2.05, 4.69) is 17.1 Å². The molecule has 1 N–H and O–H groups in total. The molecule has 0 saturated heterocycles. The lowest BCUT2D eigenvalue weighted by atomic mass is 10.1. The summed E-state index contributed by atoms with van der Waals surface area (Å²) < 4.78 is 5.75. The van der Waals surface area contributed by atoms with E-state index >= 15 is 0 Å². The van der Waals surface area contributed by atoms with E-state index in [1.54, 1.807) is 0 Å². The largest absolute Gasteiger partial charge is 0.487 e. The summed E-state index contributed by atoms with van der Waals surface area (Å²) >= 11 is 0. The molecule has 0 saturated carbocycles. The minimum Gasteiger partial charge on any atom is -0.487 e. The van der Waals surface area contributed by atoms with Gasteiger partial charge in [0.2, 0.25) is 0 Å². The lowest BCUT2D eigenvalue weighted by Crippen LogP contribution is -2.15. The van der Waals surface area contributed by atoms with Crippen LogP contribution >= 0.6 is 0 Å². The van der Waals surface area contributed by atoms with Crippen molar-refractivity contribution in [1.29, 1.82) is 0 Å². The summed E-state index contributed by atoms with van der Waals surface area (Å²) in [7, 11) is 1.48. The molecular weight excluding hydrogens is 320 g/mol. The number of rotatable bonds is 9. The number of pyridine rings is 1. The Morgan fingerprint density at radius 1 is 1.16 bits per heavy atom. The predicted molar refractivity (Wildman–Crippen MR) is 95.1 cm³/mol. The normalized spacial score (nSPS) is 11.2. The van der Waals surface area contributed by atoms with Gasteiger partial charge in [-0.2, -0.15) is 0 Å². The van der Waals surface area contributed by atoms with Gasteiger partial charge in [-0.25, -0.2) is 0 Å². The van der Waals surface area contributed by atoms with Gasteiger partial charge in [0.05, 0.1) is 5.69 Å². The van der Waals surface area contributed by atoms with Crippen LogP contribution in [-0.2, 0) is 22.5 Å². The number of aromatic nitrogens is 1. The number of carboxylic acid groups (broad SMARTS) is 1. The van der Waals surface area contributed by atoms with Crippen LogP contribution in [0.2, 0.25) is 0 Å². The van der Waals surface area contributed by atoms with Crippen molar-refractivity contribution in [2.45, 2.75) is 26.2 Å². The highest BCUT2D eigenvalue weighted by Crippen LogP contribution is 2.14. The van der Waals surface area contributed by atoms with Crippen molar-refractivity contribution in [2.75, 3.05) is 13.7 Å². The average Bonchev–Trinajstić information content (AvgIpc) is 2.64. The van der Waals surface area contributed by atoms with Crippen molar-refractivity contribution in [3.8, 4) is 5.75 Å². The molecule has 0 bridgehead atoms. The van der Waals surface area contributed by atoms with Gasteiger partial charge in [-0.3, -0.25) is 9.78 Å². The van der Waals surface area contributed by atoms with E-state index in [9.17, 15) is 4.79 Å². The SMILES string of the molecule is CCc1ccc(/C(COc2ccc(CCC(=O)O)cc2)=N/OC)nc1. The van der Waals surface area contributed by atoms with Crippen LogP contribution in [-0.4, -0.2) is 35.5 Å². The number of oxime groups is 1. The monoisotopic (exact) mass is 342 g/mol. The van der Waals surface area contributed by atoms with Crippen LogP contribution in [0.15, 0.2) is 47.8 Å². The molecule has 0 atom stereocenters. The van der Waals surface area contributed by atoms with E-state index < -0.39 is 5.97 Å². The Bertz CT molecular complexity index is 709. The van der Waals surface area contributed by atoms with Crippen molar-refractivity contribution >= 4 is 11.7 Å². The molecule has 0 fully saturated rings. The molecule has 1 aromatic heterocycles. The number of hydrogen-bond acceptors (Lipinski definition) is 5. The van der Waals surface area contributed by atoms with Crippen LogP contribution in [0, 0.1) is 0 Å². The van der Waals surface area contributed by atoms with Crippen LogP contribution in [0.5, 0.6) is 5.75 Å². The zero-order valence-electron chi connectivity index (χ0n) is 14.4. The summed E-state index contributed by atoms with van der Waals surface area (Å²) in [5.41, 5.74) is 3.41. The van der Waals surface area contributed by atoms with Crippen LogP contribution < -0.4 is 4.74 Å². The summed E-state index contributed by atoms with van der Waals surface area (Å²) in [5.74, 6) is -0.129. The second-order valence-electron chi connectivity index (χ2n) is 5.45. The molecule has 1 heterocycles. The molecule has 0 unspecified atom stereocenters. The van der Waals surface area contributed by atoms with Crippen LogP contribution in [0.3, 0.4) is 0 Å². The van der Waals surface area contributed by atoms with Gasteiger partial charge in [0, 0.05) is 12.6 Å². The van der Waals surface area contributed by atoms with Gasteiger partial charge >= 0.3 is 5.97 Å². The van der Waals surface area contributed by atoms with E-state index in [4.69, 9.17) is 14.7 Å². The summed E-state index contributed by atoms with van der Waals surface area (Å²) in [4.78, 5) is 19.9. The van der Waals surface area contributed by atoms with Crippen molar-refractivity contribution in [3.05, 3.63) is 59.4 Å². The summed E-state index contributed by atoms with van der Waals surface area (Å²) in [6.45, 7) is 2.30. The Labute approximate surface area is 147 Å². The predicted octanol–water partition coefficient (Wildman–Crippen LogP) is 3.09. The molecule has 0 amide bonds. The quantitative estimate of drug-likeness (QED) is 0.559. The van der Waals surface area contributed by atoms with Crippen LogP contribution in [0.1, 0.15) is 30.2 Å². The molecular formula is C19H22N2O4. The van der Waals surface area contributed by atoms with Crippen molar-refractivity contribution in [2.24, 2.45) is 5.16 Å². The number of benzene rings is 1. The molecule has 132 valence electrons. The van der Waals surface area contributed by atoms with E-state index in [1.807, 2.05) is 42.6 Å². The van der Waals surface area contributed by atoms with Crippen LogP contribution in [0.4, 0.5) is 0 Å². The highest BCUT2D eigenvalue weighted by Gasteiger charge is 2.08. The van der Waals surface area contributed by atoms with E-state index in [1.165, 1.54) is 7.11 Å². The Morgan fingerprint density at radius 2 is 1.88 bits per heavy atom. The fourth-order valence-corrected chi connectivity index (χ4v) is 2.22. The molecule has 6 heteroatoms. The molecule has 6 nitrogen and oxygen atoms in total. The third kappa shape index (κ3) is 5.91. The first-order valence-electron chi connectivity index (χ1n) is 8.11. The van der Waals surface area contributed by atoms with Gasteiger partial charge in [-0.15, -0.1) is 0 Å². The Morgan fingerprint density at radius 3 is 2.44 bits per heavy atom. The molecule has 0 radical (unpaired) electrons. The summed E-state index contributed by atoms with van der Waals surface area (Å²) in [5, 5.41) is 12.7. The first-order valence-corrected chi connectivity index (χ1v) is 8.11. The Kier molecular flexibility index (Phi) is 6.95. The second kappa shape index (κ2) is 9.42. The number of aryl methyl sites for hydroxylation is 2. The third-order valence-electron chi connectivity index (χ3n) is 3.66. The number of ether oxygens (including phenoxy) is 1. The van der Waals surface area contributed by atoms with Gasteiger partial charge in [-0.1, -0.05) is 30.3 Å². The van der Waals surface area contributed by atoms with Crippen molar-refractivity contribution in [3.63, 3.8) is 0 Å². The maximum atomic E-state index is 10.6. The van der Waals surface area contributed by atoms with Gasteiger partial charge in [-0.05, 0) is 42.2 Å². The third-order valence-corrected chi connectivity index (χ3v) is 3.66. The number of hydrogen-bond donors (Lipinski definition) is 1. The summed E-state index contributed by atoms with van der Waals surface area (Å²) in [6.07, 6.45) is 3.36. The second-order valence-corrected chi connectivity index (χ2v) is 5.45. The molecule has 0 spiro atoms. The minimum absolute atomic E-state index is 0.115. The lowest BCUT2D eigenvalue weighted by Gasteiger charge is -2.09. The van der Waals surface area contributed by atoms with Crippen LogP contribution in [0.25, 0.3) is 0 Å². The first-order chi connectivity index (χ1) is 12.1. The Hall–Kier alpha value is -2.89. The summed E-state index contributed by atoms with van der Waals surface area (Å²) in [6, 6.07) is 11.3. The maximum Gasteiger partial charge on any atom is 0.303 e. The van der Waals surface area contributed by atoms with Gasteiger partial charge in [0.25, 0.3) is 0 Å². The van der Waals surface area contributed by atoms with Gasteiger partial charge in [0.1, 0.15) is 25.2 Å². The molecule has 0 aliphatic carbocycles. The smallest absolute Gasteiger partial charge is 0.303 e. The number of carbonyl (C=O) groups is 1. The Balaban J connectivity index is 1.98. The number of nitrogens with zero attached hydrogens (tertiary/aromatic N) is 2. The van der Waals surface area contributed by atoms with Gasteiger partial charge in [0.15, 0.2) is 0 Å². The minimum atomic E-state index is -0.803. The molecule has 0 aliphatic heterocycles. The highest BCUT2D eigenvalue weighted by molar-refractivity contribution is 5.99. The van der Waals surface area contributed by atoms with E-state index in [0.717, 1.165) is 17.5 Å². The standard InChI is InChI=1S/C19H22N2O4/c1-3-14-6-10-17(20-12-14)18(21-24-2)13-25-16-8-4-15(5-9-16)7-11-19(22)23/h4-6,8-10,12H,3,7,11,13H2,1-2H3,(H,22,23)/b21-18+. The molecule has 25 heavy (non-hydrogen) atoms. The zero-order valence-corrected chi connectivity index (χ0v) is 14.4. The molecule has 2 rings (SSSR count). The molecule has 2 aromatic rings. The fraction of sp³-hybridized carbons (Fsp3) is 0.316. The van der Waals surface area contributed by atoms with Crippen molar-refractivity contribution in [1.82, 2.24) is 4.98 Å². The first kappa shape index (κ1) is 18.4. The number of aliphatic carboxylic acids is 1. The fourth-order valence-electron chi connectivity index (χ4n) is 2.22. The van der Waals surface area contributed by atoms with E-state index in [-0.39, 0.29) is 13.0 Å². The lowest BCUT2D eigenvalue weighted by molar-refractivity contribution is -0.136. The van der Waals surface area contributed by atoms with Gasteiger partial charge < -0.3 is 14.7 Å². The molecule has 0 aliphatic rings. The average molecular weight is 342 g/mol. The van der Waals surface area contributed by atoms with Crippen molar-refractivity contribution < 1.29 is 19.5 Å². The topological polar surface area (TPSA) is 81.0 Å². The maximum absolute atomic E-state index is 10.6. The van der Waals surface area contributed by atoms with E-state index in [0.29, 0.717) is 23.6 Å². The molecule has 1 aromatic carbocycles. The highest BCUT2D eigenvalue weighted by atomic mass is 16.6.